The highest BCUT2D eigenvalue weighted by atomic mass is 32.1. The van der Waals surface area contributed by atoms with Gasteiger partial charge in [0.15, 0.2) is 0 Å². The standard InChI is InChI=1S/C10H15NO2S/c1-6-4-9(13-3)7(10(11)14)5-8(6)12-2/h4-5,10,14H,11H2,1-3H3. The normalized spacial score (nSPS) is 12.4. The van der Waals surface area contributed by atoms with Crippen molar-refractivity contribution in [3.63, 3.8) is 0 Å². The molecular weight excluding hydrogens is 198 g/mol. The molecule has 0 radical (unpaired) electrons. The second kappa shape index (κ2) is 4.57. The highest BCUT2D eigenvalue weighted by Gasteiger charge is 2.11. The van der Waals surface area contributed by atoms with E-state index in [0.717, 1.165) is 22.6 Å². The Balaban J connectivity index is 3.25. The molecule has 1 unspecified atom stereocenters. The highest BCUT2D eigenvalue weighted by molar-refractivity contribution is 7.80. The molecule has 0 bridgehead atoms. The quantitative estimate of drug-likeness (QED) is 0.595. The van der Waals surface area contributed by atoms with E-state index in [0.29, 0.717) is 0 Å². The van der Waals surface area contributed by atoms with Gasteiger partial charge in [0, 0.05) is 5.56 Å². The van der Waals surface area contributed by atoms with E-state index >= 15 is 0 Å². The van der Waals surface area contributed by atoms with Crippen molar-refractivity contribution in [2.45, 2.75) is 12.3 Å². The molecule has 0 saturated heterocycles. The number of benzene rings is 1. The molecule has 3 nitrogen and oxygen atoms in total. The van der Waals surface area contributed by atoms with E-state index in [1.54, 1.807) is 14.2 Å². The van der Waals surface area contributed by atoms with Gasteiger partial charge in [-0.15, -0.1) is 0 Å². The molecule has 0 spiro atoms. The summed E-state index contributed by atoms with van der Waals surface area (Å²) in [4.78, 5) is 0. The smallest absolute Gasteiger partial charge is 0.125 e. The van der Waals surface area contributed by atoms with Crippen LogP contribution in [-0.4, -0.2) is 14.2 Å². The fraction of sp³-hybridized carbons (Fsp3) is 0.400. The Labute approximate surface area is 89.6 Å². The van der Waals surface area contributed by atoms with E-state index in [-0.39, 0.29) is 5.37 Å². The first-order valence-electron chi connectivity index (χ1n) is 4.26. The van der Waals surface area contributed by atoms with Gasteiger partial charge in [-0.2, -0.15) is 12.6 Å². The van der Waals surface area contributed by atoms with Gasteiger partial charge in [-0.05, 0) is 24.6 Å². The lowest BCUT2D eigenvalue weighted by atomic mass is 10.1. The lowest BCUT2D eigenvalue weighted by Crippen LogP contribution is -2.05. The summed E-state index contributed by atoms with van der Waals surface area (Å²) in [6.45, 7) is 1.95. The van der Waals surface area contributed by atoms with Gasteiger partial charge in [0.05, 0.1) is 19.6 Å². The second-order valence-electron chi connectivity index (χ2n) is 3.01. The van der Waals surface area contributed by atoms with Gasteiger partial charge < -0.3 is 15.2 Å². The lowest BCUT2D eigenvalue weighted by molar-refractivity contribution is 0.396. The molecule has 1 aromatic rings. The van der Waals surface area contributed by atoms with Crippen LogP contribution in [0.4, 0.5) is 0 Å². The van der Waals surface area contributed by atoms with Crippen LogP contribution in [0.2, 0.25) is 0 Å². The van der Waals surface area contributed by atoms with E-state index in [9.17, 15) is 0 Å². The van der Waals surface area contributed by atoms with Crippen LogP contribution in [0.15, 0.2) is 12.1 Å². The van der Waals surface area contributed by atoms with E-state index in [1.807, 2.05) is 19.1 Å². The molecular formula is C10H15NO2S. The summed E-state index contributed by atoms with van der Waals surface area (Å²) in [5, 5.41) is -0.362. The fourth-order valence-corrected chi connectivity index (χ4v) is 1.51. The minimum Gasteiger partial charge on any atom is -0.496 e. The third kappa shape index (κ3) is 2.13. The summed E-state index contributed by atoms with van der Waals surface area (Å²) in [6.07, 6.45) is 0. The molecule has 0 aromatic heterocycles. The molecule has 78 valence electrons. The Bertz CT molecular complexity index is 326. The van der Waals surface area contributed by atoms with E-state index < -0.39 is 0 Å². The van der Waals surface area contributed by atoms with Crippen molar-refractivity contribution in [1.82, 2.24) is 0 Å². The predicted octanol–water partition coefficient (Wildman–Crippen LogP) is 1.90. The summed E-state index contributed by atoms with van der Waals surface area (Å²) in [5.41, 5.74) is 7.54. The van der Waals surface area contributed by atoms with E-state index in [1.165, 1.54) is 0 Å². The molecule has 0 saturated carbocycles. The number of thiol groups is 1. The SMILES string of the molecule is COc1cc(C(N)S)c(OC)cc1C. The van der Waals surface area contributed by atoms with Crippen molar-refractivity contribution in [2.75, 3.05) is 14.2 Å². The van der Waals surface area contributed by atoms with Crippen molar-refractivity contribution in [1.29, 1.82) is 0 Å². The largest absolute Gasteiger partial charge is 0.496 e. The van der Waals surface area contributed by atoms with Crippen molar-refractivity contribution in [3.05, 3.63) is 23.3 Å². The fourth-order valence-electron chi connectivity index (χ4n) is 1.31. The van der Waals surface area contributed by atoms with Crippen LogP contribution in [0.25, 0.3) is 0 Å². The average Bonchev–Trinajstić information content (AvgIpc) is 2.16. The molecule has 0 fully saturated rings. The Hall–Kier alpha value is -0.870. The minimum atomic E-state index is -0.362. The van der Waals surface area contributed by atoms with Gasteiger partial charge in [-0.25, -0.2) is 0 Å². The first-order chi connectivity index (χ1) is 6.60. The van der Waals surface area contributed by atoms with Crippen molar-refractivity contribution in [2.24, 2.45) is 5.73 Å². The molecule has 4 heteroatoms. The molecule has 2 N–H and O–H groups in total. The number of methoxy groups -OCH3 is 2. The number of hydrogen-bond acceptors (Lipinski definition) is 4. The Morgan fingerprint density at radius 2 is 1.79 bits per heavy atom. The first kappa shape index (κ1) is 11.2. The molecule has 0 aliphatic rings. The Morgan fingerprint density at radius 1 is 1.21 bits per heavy atom. The first-order valence-corrected chi connectivity index (χ1v) is 4.78. The maximum absolute atomic E-state index is 5.69. The van der Waals surface area contributed by atoms with Gasteiger partial charge >= 0.3 is 0 Å². The number of hydrogen-bond donors (Lipinski definition) is 2. The zero-order valence-electron chi connectivity index (χ0n) is 8.57. The molecule has 1 rings (SSSR count). The molecule has 1 atom stereocenters. The molecule has 0 heterocycles. The molecule has 14 heavy (non-hydrogen) atoms. The van der Waals surface area contributed by atoms with E-state index in [2.05, 4.69) is 12.6 Å². The average molecular weight is 213 g/mol. The van der Waals surface area contributed by atoms with Gasteiger partial charge in [-0.1, -0.05) is 0 Å². The highest BCUT2D eigenvalue weighted by Crippen LogP contribution is 2.32. The predicted molar refractivity (Wildman–Crippen MR) is 60.2 cm³/mol. The summed E-state index contributed by atoms with van der Waals surface area (Å²) >= 11 is 4.17. The number of rotatable bonds is 3. The van der Waals surface area contributed by atoms with Crippen LogP contribution >= 0.6 is 12.6 Å². The minimum absolute atomic E-state index is 0.362. The summed E-state index contributed by atoms with van der Waals surface area (Å²) < 4.78 is 10.4. The Kier molecular flexibility index (Phi) is 3.66. The van der Waals surface area contributed by atoms with Crippen molar-refractivity contribution < 1.29 is 9.47 Å². The van der Waals surface area contributed by atoms with Crippen molar-refractivity contribution >= 4 is 12.6 Å². The zero-order chi connectivity index (χ0) is 10.7. The Morgan fingerprint density at radius 3 is 2.21 bits per heavy atom. The maximum Gasteiger partial charge on any atom is 0.125 e. The zero-order valence-corrected chi connectivity index (χ0v) is 9.47. The second-order valence-corrected chi connectivity index (χ2v) is 3.56. The van der Waals surface area contributed by atoms with Crippen LogP contribution in [-0.2, 0) is 0 Å². The summed E-state index contributed by atoms with van der Waals surface area (Å²) in [7, 11) is 3.24. The number of nitrogens with two attached hydrogens (primary N) is 1. The topological polar surface area (TPSA) is 44.5 Å². The van der Waals surface area contributed by atoms with Crippen LogP contribution in [0, 0.1) is 6.92 Å². The van der Waals surface area contributed by atoms with Crippen LogP contribution in [0.5, 0.6) is 11.5 Å². The maximum atomic E-state index is 5.69. The number of ether oxygens (including phenoxy) is 2. The van der Waals surface area contributed by atoms with Gasteiger partial charge in [0.1, 0.15) is 11.5 Å². The number of aryl methyl sites for hydroxylation is 1. The summed E-state index contributed by atoms with van der Waals surface area (Å²) in [5.74, 6) is 1.54. The monoisotopic (exact) mass is 213 g/mol. The van der Waals surface area contributed by atoms with Crippen LogP contribution < -0.4 is 15.2 Å². The third-order valence-corrected chi connectivity index (χ3v) is 2.34. The molecule has 1 aromatic carbocycles. The van der Waals surface area contributed by atoms with Gasteiger partial charge in [0.2, 0.25) is 0 Å². The van der Waals surface area contributed by atoms with Crippen LogP contribution in [0.1, 0.15) is 16.5 Å². The molecule has 0 aliphatic heterocycles. The third-order valence-electron chi connectivity index (χ3n) is 2.07. The molecule has 0 amide bonds. The van der Waals surface area contributed by atoms with Crippen molar-refractivity contribution in [3.8, 4) is 11.5 Å². The van der Waals surface area contributed by atoms with Crippen LogP contribution in [0.3, 0.4) is 0 Å². The molecule has 0 aliphatic carbocycles. The van der Waals surface area contributed by atoms with Gasteiger partial charge in [-0.3, -0.25) is 0 Å². The van der Waals surface area contributed by atoms with E-state index in [4.69, 9.17) is 15.2 Å². The summed E-state index contributed by atoms with van der Waals surface area (Å²) in [6, 6.07) is 3.75. The lowest BCUT2D eigenvalue weighted by Gasteiger charge is -2.14. The van der Waals surface area contributed by atoms with Gasteiger partial charge in [0.25, 0.3) is 0 Å².